The van der Waals surface area contributed by atoms with Crippen LogP contribution in [0.2, 0.25) is 0 Å². The first-order valence-electron chi connectivity index (χ1n) is 6.06. The van der Waals surface area contributed by atoms with Crippen LogP contribution in [0.25, 0.3) is 5.65 Å². The Morgan fingerprint density at radius 1 is 1.47 bits per heavy atom. The molecule has 1 unspecified atom stereocenters. The summed E-state index contributed by atoms with van der Waals surface area (Å²) < 4.78 is 8.87. The predicted octanol–water partition coefficient (Wildman–Crippen LogP) is 3.21. The molecule has 0 spiro atoms. The average molecular weight is 295 g/mol. The van der Waals surface area contributed by atoms with Crippen molar-refractivity contribution < 1.29 is 4.74 Å². The maximum atomic E-state index is 5.74. The quantitative estimate of drug-likeness (QED) is 0.850. The van der Waals surface area contributed by atoms with Crippen molar-refractivity contribution in [2.24, 2.45) is 0 Å². The first-order valence-corrected chi connectivity index (χ1v) is 6.85. The first-order chi connectivity index (χ1) is 8.31. The fraction of sp³-hybridized carbons (Fsp3) is 0.462. The molecule has 0 aliphatic carbocycles. The van der Waals surface area contributed by atoms with Gasteiger partial charge < -0.3 is 9.14 Å². The molecule has 1 saturated heterocycles. The van der Waals surface area contributed by atoms with Crippen LogP contribution >= 0.6 is 15.9 Å². The minimum atomic E-state index is 0.358. The number of imidazole rings is 1. The molecule has 0 radical (unpaired) electrons. The van der Waals surface area contributed by atoms with Crippen LogP contribution in [0.5, 0.6) is 0 Å². The van der Waals surface area contributed by atoms with E-state index in [2.05, 4.69) is 31.5 Å². The van der Waals surface area contributed by atoms with Gasteiger partial charge in [0.05, 0.1) is 11.8 Å². The molecule has 2 aromatic heterocycles. The van der Waals surface area contributed by atoms with Crippen LogP contribution in [-0.4, -0.2) is 22.1 Å². The van der Waals surface area contributed by atoms with Crippen molar-refractivity contribution in [1.82, 2.24) is 9.38 Å². The molecule has 3 rings (SSSR count). The number of halogens is 1. The van der Waals surface area contributed by atoms with Crippen LogP contribution in [0.15, 0.2) is 29.0 Å². The van der Waals surface area contributed by atoms with Crippen molar-refractivity contribution in [3.8, 4) is 0 Å². The van der Waals surface area contributed by atoms with Gasteiger partial charge in [0.2, 0.25) is 0 Å². The van der Waals surface area contributed by atoms with E-state index in [0.29, 0.717) is 6.10 Å². The van der Waals surface area contributed by atoms with Crippen LogP contribution in [0.1, 0.15) is 25.0 Å². The largest absolute Gasteiger partial charge is 0.378 e. The molecule has 1 fully saturated rings. The molecule has 4 heteroatoms. The van der Waals surface area contributed by atoms with Gasteiger partial charge in [0.25, 0.3) is 0 Å². The van der Waals surface area contributed by atoms with E-state index in [1.165, 1.54) is 12.8 Å². The molecule has 1 atom stereocenters. The number of aromatic nitrogens is 2. The molecule has 0 N–H and O–H groups in total. The fourth-order valence-corrected chi connectivity index (χ4v) is 2.63. The molecule has 17 heavy (non-hydrogen) atoms. The second-order valence-corrected chi connectivity index (χ2v) is 5.45. The molecule has 0 aromatic carbocycles. The number of ether oxygens (including phenoxy) is 1. The summed E-state index contributed by atoms with van der Waals surface area (Å²) in [6.07, 6.45) is 9.06. The maximum absolute atomic E-state index is 5.74. The van der Waals surface area contributed by atoms with Gasteiger partial charge in [-0.2, -0.15) is 0 Å². The van der Waals surface area contributed by atoms with E-state index >= 15 is 0 Å². The molecular formula is C13H15BrN2O. The average Bonchev–Trinajstić information content (AvgIpc) is 2.71. The number of nitrogens with zero attached hydrogens (tertiary/aromatic N) is 2. The van der Waals surface area contributed by atoms with E-state index in [4.69, 9.17) is 4.74 Å². The molecule has 0 amide bonds. The lowest BCUT2D eigenvalue weighted by Crippen LogP contribution is -2.21. The lowest BCUT2D eigenvalue weighted by molar-refractivity contribution is 0.0163. The van der Waals surface area contributed by atoms with Crippen molar-refractivity contribution in [3.05, 3.63) is 34.7 Å². The summed E-state index contributed by atoms with van der Waals surface area (Å²) in [4.78, 5) is 4.62. The Morgan fingerprint density at radius 3 is 3.24 bits per heavy atom. The van der Waals surface area contributed by atoms with Crippen molar-refractivity contribution in [2.45, 2.75) is 31.8 Å². The van der Waals surface area contributed by atoms with Gasteiger partial charge in [-0.05, 0) is 31.4 Å². The third-order valence-corrected chi connectivity index (χ3v) is 3.68. The zero-order chi connectivity index (χ0) is 11.7. The van der Waals surface area contributed by atoms with Crippen LogP contribution in [0.4, 0.5) is 0 Å². The summed E-state index contributed by atoms with van der Waals surface area (Å²) >= 11 is 3.46. The normalized spacial score (nSPS) is 20.9. The third-order valence-electron chi connectivity index (χ3n) is 3.18. The first kappa shape index (κ1) is 11.2. The highest BCUT2D eigenvalue weighted by molar-refractivity contribution is 9.10. The Bertz CT molecular complexity index is 517. The van der Waals surface area contributed by atoms with Gasteiger partial charge in [0, 0.05) is 29.9 Å². The molecule has 3 heterocycles. The van der Waals surface area contributed by atoms with Crippen LogP contribution < -0.4 is 0 Å². The number of pyridine rings is 1. The van der Waals surface area contributed by atoms with Crippen LogP contribution in [-0.2, 0) is 11.2 Å². The molecule has 0 bridgehead atoms. The van der Waals surface area contributed by atoms with Crippen molar-refractivity contribution in [3.63, 3.8) is 0 Å². The third kappa shape index (κ3) is 2.53. The highest BCUT2D eigenvalue weighted by Gasteiger charge is 2.15. The van der Waals surface area contributed by atoms with Gasteiger partial charge >= 0.3 is 0 Å². The Morgan fingerprint density at radius 2 is 2.41 bits per heavy atom. The van der Waals surface area contributed by atoms with Crippen molar-refractivity contribution in [1.29, 1.82) is 0 Å². The molecular weight excluding hydrogens is 280 g/mol. The van der Waals surface area contributed by atoms with E-state index in [1.807, 2.05) is 18.3 Å². The minimum absolute atomic E-state index is 0.358. The maximum Gasteiger partial charge on any atom is 0.138 e. The van der Waals surface area contributed by atoms with E-state index in [0.717, 1.165) is 35.3 Å². The standard InChI is InChI=1S/C13H15BrN2O/c14-10-4-5-16-9-11(15-13(16)7-10)8-12-3-1-2-6-17-12/h4-5,7,9,12H,1-3,6,8H2. The summed E-state index contributed by atoms with van der Waals surface area (Å²) in [6, 6.07) is 4.06. The summed E-state index contributed by atoms with van der Waals surface area (Å²) in [6.45, 7) is 0.906. The second kappa shape index (κ2) is 4.78. The van der Waals surface area contributed by atoms with Gasteiger partial charge in [-0.15, -0.1) is 0 Å². The number of hydrogen-bond donors (Lipinski definition) is 0. The lowest BCUT2D eigenvalue weighted by Gasteiger charge is -2.21. The summed E-state index contributed by atoms with van der Waals surface area (Å²) in [5, 5.41) is 0. The van der Waals surface area contributed by atoms with Crippen LogP contribution in [0, 0.1) is 0 Å². The van der Waals surface area contributed by atoms with Crippen molar-refractivity contribution in [2.75, 3.05) is 6.61 Å². The molecule has 1 aliphatic heterocycles. The zero-order valence-corrected chi connectivity index (χ0v) is 11.2. The predicted molar refractivity (Wildman–Crippen MR) is 70.2 cm³/mol. The van der Waals surface area contributed by atoms with Crippen molar-refractivity contribution >= 4 is 21.6 Å². The topological polar surface area (TPSA) is 26.5 Å². The van der Waals surface area contributed by atoms with E-state index in [9.17, 15) is 0 Å². The number of rotatable bonds is 2. The van der Waals surface area contributed by atoms with E-state index in [1.54, 1.807) is 0 Å². The summed E-state index contributed by atoms with van der Waals surface area (Å²) in [7, 11) is 0. The van der Waals surface area contributed by atoms with Crippen LogP contribution in [0.3, 0.4) is 0 Å². The summed E-state index contributed by atoms with van der Waals surface area (Å²) in [5.41, 5.74) is 2.11. The molecule has 3 nitrogen and oxygen atoms in total. The number of hydrogen-bond acceptors (Lipinski definition) is 2. The van der Waals surface area contributed by atoms with Gasteiger partial charge in [0.15, 0.2) is 0 Å². The Hall–Kier alpha value is -0.870. The monoisotopic (exact) mass is 294 g/mol. The van der Waals surface area contributed by atoms with E-state index < -0.39 is 0 Å². The molecule has 90 valence electrons. The highest BCUT2D eigenvalue weighted by Crippen LogP contribution is 2.18. The summed E-state index contributed by atoms with van der Waals surface area (Å²) in [5.74, 6) is 0. The molecule has 2 aromatic rings. The minimum Gasteiger partial charge on any atom is -0.378 e. The Balaban J connectivity index is 1.80. The Labute approximate surface area is 109 Å². The van der Waals surface area contributed by atoms with Gasteiger partial charge in [-0.3, -0.25) is 0 Å². The number of fused-ring (bicyclic) bond motifs is 1. The van der Waals surface area contributed by atoms with Gasteiger partial charge in [-0.25, -0.2) is 4.98 Å². The van der Waals surface area contributed by atoms with Gasteiger partial charge in [-0.1, -0.05) is 15.9 Å². The lowest BCUT2D eigenvalue weighted by atomic mass is 10.1. The SMILES string of the molecule is Brc1ccn2cc(CC3CCCCO3)nc2c1. The fourth-order valence-electron chi connectivity index (χ4n) is 2.31. The smallest absolute Gasteiger partial charge is 0.138 e. The molecule has 1 aliphatic rings. The Kier molecular flexibility index (Phi) is 3.16. The van der Waals surface area contributed by atoms with E-state index in [-0.39, 0.29) is 0 Å². The zero-order valence-electron chi connectivity index (χ0n) is 9.60. The van der Waals surface area contributed by atoms with Gasteiger partial charge in [0.1, 0.15) is 5.65 Å². The second-order valence-electron chi connectivity index (χ2n) is 4.54. The highest BCUT2D eigenvalue weighted by atomic mass is 79.9. The molecule has 0 saturated carbocycles.